The van der Waals surface area contributed by atoms with Gasteiger partial charge in [-0.25, -0.2) is 4.99 Å². The number of nitrogens with one attached hydrogen (secondary N) is 2. The molecule has 2 aromatic heterocycles. The Hall–Kier alpha value is -2.41. The molecule has 0 aliphatic carbocycles. The molecule has 3 heterocycles. The lowest BCUT2D eigenvalue weighted by Gasteiger charge is -2.19. The van der Waals surface area contributed by atoms with Crippen LogP contribution in [0.4, 0.5) is 13.2 Å². The van der Waals surface area contributed by atoms with Crippen LogP contribution >= 0.6 is 24.0 Å². The highest BCUT2D eigenvalue weighted by molar-refractivity contribution is 14.0. The molecule has 1 fully saturated rings. The van der Waals surface area contributed by atoms with Crippen molar-refractivity contribution in [2.24, 2.45) is 4.99 Å². The summed E-state index contributed by atoms with van der Waals surface area (Å²) in [5.41, 5.74) is 1.04. The maximum absolute atomic E-state index is 12.7. The van der Waals surface area contributed by atoms with Gasteiger partial charge in [0.1, 0.15) is 6.54 Å². The Bertz CT molecular complexity index is 1070. The van der Waals surface area contributed by atoms with Gasteiger partial charge in [0.25, 0.3) is 0 Å². The molecule has 7 nitrogen and oxygen atoms in total. The molecule has 0 spiro atoms. The van der Waals surface area contributed by atoms with Gasteiger partial charge in [-0.15, -0.1) is 34.2 Å². The van der Waals surface area contributed by atoms with E-state index in [1.807, 2.05) is 35.7 Å². The summed E-state index contributed by atoms with van der Waals surface area (Å²) in [5, 5.41) is 15.1. The van der Waals surface area contributed by atoms with Crippen molar-refractivity contribution in [1.29, 1.82) is 0 Å². The van der Waals surface area contributed by atoms with E-state index in [1.54, 1.807) is 12.1 Å². The van der Waals surface area contributed by atoms with Gasteiger partial charge in [0.2, 0.25) is 0 Å². The lowest BCUT2D eigenvalue weighted by Crippen LogP contribution is -2.44. The number of halogens is 4. The molecule has 1 unspecified atom stereocenters. The third-order valence-electron chi connectivity index (χ3n) is 5.41. The molecule has 1 aliphatic rings. The molecule has 0 saturated carbocycles. The zero-order valence-corrected chi connectivity index (χ0v) is 20.5. The van der Waals surface area contributed by atoms with Gasteiger partial charge < -0.3 is 10.6 Å². The molecule has 3 aromatic rings. The number of likely N-dealkylation sites (tertiary alicyclic amines) is 1. The monoisotopic (exact) mass is 573 g/mol. The highest BCUT2D eigenvalue weighted by atomic mass is 127. The number of fused-ring (bicyclic) bond motifs is 1. The van der Waals surface area contributed by atoms with Crippen molar-refractivity contribution in [2.75, 3.05) is 19.6 Å². The molecule has 1 saturated heterocycles. The van der Waals surface area contributed by atoms with Crippen molar-refractivity contribution < 1.29 is 13.2 Å². The number of rotatable bonds is 6. The molecule has 178 valence electrons. The topological polar surface area (TPSA) is 69.8 Å². The summed E-state index contributed by atoms with van der Waals surface area (Å²) in [7, 11) is 0. The van der Waals surface area contributed by atoms with Crippen LogP contribution in [0.15, 0.2) is 53.7 Å². The van der Waals surface area contributed by atoms with Crippen LogP contribution in [0.1, 0.15) is 30.3 Å². The Morgan fingerprint density at radius 3 is 2.67 bits per heavy atom. The Kier molecular flexibility index (Phi) is 8.51. The van der Waals surface area contributed by atoms with Crippen LogP contribution in [-0.4, -0.2) is 51.1 Å². The molecule has 0 radical (unpaired) electrons. The first kappa shape index (κ1) is 25.2. The molecule has 0 amide bonds. The highest BCUT2D eigenvalue weighted by Gasteiger charge is 2.30. The maximum Gasteiger partial charge on any atom is 0.416 e. The summed E-state index contributed by atoms with van der Waals surface area (Å²) < 4.78 is 40.1. The number of guanidine groups is 1. The van der Waals surface area contributed by atoms with Gasteiger partial charge in [0, 0.05) is 38.4 Å². The second kappa shape index (κ2) is 11.1. The molecule has 0 bridgehead atoms. The third kappa shape index (κ3) is 6.56. The lowest BCUT2D eigenvalue weighted by atomic mass is 10.1. The standard InChI is InChI=1S/C22H26F3N7.HI/c1-2-26-21(27-13-20-30-29-19-5-3-4-11-32(19)20)28-18-10-12-31(15-18)14-16-6-8-17(9-7-16)22(23,24)25;/h3-9,11,18H,2,10,12-15H2,1H3,(H2,26,27,28);1H. The first-order valence-corrected chi connectivity index (χ1v) is 10.6. The SMILES string of the molecule is CCNC(=NCc1nnc2ccccn12)NC1CCN(Cc2ccc(C(F)(F)F)cc2)C1.I. The van der Waals surface area contributed by atoms with Gasteiger partial charge in [-0.3, -0.25) is 9.30 Å². The minimum absolute atomic E-state index is 0. The van der Waals surface area contributed by atoms with Crippen LogP contribution in [0.2, 0.25) is 0 Å². The van der Waals surface area contributed by atoms with E-state index in [4.69, 9.17) is 0 Å². The van der Waals surface area contributed by atoms with Gasteiger partial charge >= 0.3 is 6.18 Å². The van der Waals surface area contributed by atoms with E-state index in [2.05, 4.69) is 30.7 Å². The lowest BCUT2D eigenvalue weighted by molar-refractivity contribution is -0.137. The van der Waals surface area contributed by atoms with E-state index in [0.29, 0.717) is 19.0 Å². The summed E-state index contributed by atoms with van der Waals surface area (Å²) >= 11 is 0. The predicted octanol–water partition coefficient (Wildman–Crippen LogP) is 3.70. The maximum atomic E-state index is 12.7. The van der Waals surface area contributed by atoms with Crippen molar-refractivity contribution >= 4 is 35.6 Å². The molecule has 4 rings (SSSR count). The van der Waals surface area contributed by atoms with Crippen molar-refractivity contribution in [3.8, 4) is 0 Å². The van der Waals surface area contributed by atoms with E-state index < -0.39 is 11.7 Å². The minimum Gasteiger partial charge on any atom is -0.357 e. The number of aliphatic imine (C=N–C) groups is 1. The molecular formula is C22H27F3IN7. The number of benzene rings is 1. The summed E-state index contributed by atoms with van der Waals surface area (Å²) in [5.74, 6) is 1.47. The van der Waals surface area contributed by atoms with Crippen LogP contribution in [0, 0.1) is 0 Å². The average molecular weight is 573 g/mol. The number of aromatic nitrogens is 3. The van der Waals surface area contributed by atoms with Crippen molar-refractivity contribution in [3.05, 3.63) is 65.6 Å². The number of pyridine rings is 1. The van der Waals surface area contributed by atoms with Gasteiger partial charge in [-0.1, -0.05) is 18.2 Å². The zero-order chi connectivity index (χ0) is 22.6. The largest absolute Gasteiger partial charge is 0.416 e. The van der Waals surface area contributed by atoms with Crippen LogP contribution in [-0.2, 0) is 19.3 Å². The van der Waals surface area contributed by atoms with Crippen molar-refractivity contribution in [1.82, 2.24) is 30.1 Å². The zero-order valence-electron chi connectivity index (χ0n) is 18.2. The van der Waals surface area contributed by atoms with E-state index in [0.717, 1.165) is 55.2 Å². The molecule has 1 aromatic carbocycles. The fraction of sp³-hybridized carbons (Fsp3) is 0.409. The quantitative estimate of drug-likeness (QED) is 0.268. The number of hydrogen-bond acceptors (Lipinski definition) is 4. The molecule has 2 N–H and O–H groups in total. The summed E-state index contributed by atoms with van der Waals surface area (Å²) in [6, 6.07) is 11.3. The van der Waals surface area contributed by atoms with E-state index >= 15 is 0 Å². The third-order valence-corrected chi connectivity index (χ3v) is 5.41. The number of hydrogen-bond donors (Lipinski definition) is 2. The summed E-state index contributed by atoms with van der Waals surface area (Å²) in [4.78, 5) is 6.89. The van der Waals surface area contributed by atoms with Crippen molar-refractivity contribution in [3.63, 3.8) is 0 Å². The smallest absolute Gasteiger partial charge is 0.357 e. The Morgan fingerprint density at radius 1 is 1.15 bits per heavy atom. The molecule has 33 heavy (non-hydrogen) atoms. The first-order valence-electron chi connectivity index (χ1n) is 10.6. The predicted molar refractivity (Wildman–Crippen MR) is 131 cm³/mol. The van der Waals surface area contributed by atoms with Crippen LogP contribution in [0.25, 0.3) is 5.65 Å². The van der Waals surface area contributed by atoms with Crippen LogP contribution in [0.3, 0.4) is 0 Å². The van der Waals surface area contributed by atoms with Gasteiger partial charge in [-0.05, 0) is 43.2 Å². The molecular weight excluding hydrogens is 546 g/mol. The molecule has 11 heteroatoms. The van der Waals surface area contributed by atoms with E-state index in [-0.39, 0.29) is 30.0 Å². The summed E-state index contributed by atoms with van der Waals surface area (Å²) in [6.07, 6.45) is -1.46. The first-order chi connectivity index (χ1) is 15.4. The molecule has 1 aliphatic heterocycles. The second-order valence-corrected chi connectivity index (χ2v) is 7.80. The second-order valence-electron chi connectivity index (χ2n) is 7.80. The molecule has 1 atom stereocenters. The van der Waals surface area contributed by atoms with Crippen LogP contribution < -0.4 is 10.6 Å². The fourth-order valence-electron chi connectivity index (χ4n) is 3.81. The van der Waals surface area contributed by atoms with Crippen molar-refractivity contribution in [2.45, 2.75) is 38.7 Å². The van der Waals surface area contributed by atoms with Gasteiger partial charge in [0.05, 0.1) is 5.56 Å². The van der Waals surface area contributed by atoms with E-state index in [1.165, 1.54) is 0 Å². The minimum atomic E-state index is -4.30. The normalized spacial score (nSPS) is 17.2. The highest BCUT2D eigenvalue weighted by Crippen LogP contribution is 2.29. The van der Waals surface area contributed by atoms with E-state index in [9.17, 15) is 13.2 Å². The Balaban J connectivity index is 0.00000306. The Labute approximate surface area is 207 Å². The number of nitrogens with zero attached hydrogens (tertiary/aromatic N) is 5. The average Bonchev–Trinajstić information content (AvgIpc) is 3.38. The van der Waals surface area contributed by atoms with Crippen LogP contribution in [0.5, 0.6) is 0 Å². The fourth-order valence-corrected chi connectivity index (χ4v) is 3.81. The Morgan fingerprint density at radius 2 is 1.94 bits per heavy atom. The summed E-state index contributed by atoms with van der Waals surface area (Å²) in [6.45, 7) is 5.41. The van der Waals surface area contributed by atoms with Gasteiger partial charge in [-0.2, -0.15) is 13.2 Å². The number of alkyl halides is 3. The van der Waals surface area contributed by atoms with Gasteiger partial charge in [0.15, 0.2) is 17.4 Å².